The molecule has 0 saturated carbocycles. The number of carboxylic acids is 1. The Morgan fingerprint density at radius 3 is 2.57 bits per heavy atom. The highest BCUT2D eigenvalue weighted by Gasteiger charge is 2.19. The van der Waals surface area contributed by atoms with Crippen molar-refractivity contribution in [3.8, 4) is 0 Å². The number of pyridine rings is 1. The van der Waals surface area contributed by atoms with E-state index in [9.17, 15) is 13.2 Å². The fourth-order valence-corrected chi connectivity index (χ4v) is 3.62. The molecule has 6 heteroatoms. The molecule has 110 valence electrons. The molecule has 0 aliphatic carbocycles. The van der Waals surface area contributed by atoms with Crippen LogP contribution in [-0.2, 0) is 15.6 Å². The van der Waals surface area contributed by atoms with Crippen LogP contribution in [0.25, 0.3) is 0 Å². The second-order valence-electron chi connectivity index (χ2n) is 4.85. The summed E-state index contributed by atoms with van der Waals surface area (Å²) in [7, 11) is -3.56. The summed E-state index contributed by atoms with van der Waals surface area (Å²) in [4.78, 5) is 15.0. The smallest absolute Gasteiger partial charge is 0.354 e. The van der Waals surface area contributed by atoms with Crippen molar-refractivity contribution in [3.05, 3.63) is 58.9 Å². The van der Waals surface area contributed by atoms with Gasteiger partial charge in [-0.25, -0.2) is 18.2 Å². The lowest BCUT2D eigenvalue weighted by Crippen LogP contribution is -2.10. The molecule has 1 aromatic carbocycles. The monoisotopic (exact) mass is 305 g/mol. The minimum atomic E-state index is -3.56. The van der Waals surface area contributed by atoms with Crippen LogP contribution in [0.3, 0.4) is 0 Å². The van der Waals surface area contributed by atoms with Gasteiger partial charge in [0.05, 0.1) is 16.3 Å². The van der Waals surface area contributed by atoms with E-state index in [2.05, 4.69) is 4.98 Å². The first-order chi connectivity index (χ1) is 9.79. The minimum Gasteiger partial charge on any atom is -0.477 e. The van der Waals surface area contributed by atoms with Crippen LogP contribution in [0.4, 0.5) is 0 Å². The molecule has 1 heterocycles. The number of carboxylic acid groups (broad SMARTS) is 1. The third-order valence-electron chi connectivity index (χ3n) is 3.04. The van der Waals surface area contributed by atoms with E-state index in [-0.39, 0.29) is 22.0 Å². The molecule has 0 saturated heterocycles. The predicted molar refractivity (Wildman–Crippen MR) is 78.0 cm³/mol. The van der Waals surface area contributed by atoms with Crippen molar-refractivity contribution >= 4 is 15.8 Å². The summed E-state index contributed by atoms with van der Waals surface area (Å²) >= 11 is 0. The molecular formula is C15H15NO4S. The van der Waals surface area contributed by atoms with E-state index in [1.54, 1.807) is 19.1 Å². The quantitative estimate of drug-likeness (QED) is 0.937. The Labute approximate surface area is 123 Å². The fourth-order valence-electron chi connectivity index (χ4n) is 1.99. The highest BCUT2D eigenvalue weighted by Crippen LogP contribution is 2.21. The molecule has 5 nitrogen and oxygen atoms in total. The lowest BCUT2D eigenvalue weighted by molar-refractivity contribution is 0.0690. The van der Waals surface area contributed by atoms with Crippen molar-refractivity contribution in [2.24, 2.45) is 0 Å². The highest BCUT2D eigenvalue weighted by atomic mass is 32.2. The Hall–Kier alpha value is -2.21. The van der Waals surface area contributed by atoms with E-state index < -0.39 is 15.8 Å². The lowest BCUT2D eigenvalue weighted by atomic mass is 10.2. The van der Waals surface area contributed by atoms with E-state index in [1.807, 2.05) is 13.0 Å². The minimum absolute atomic E-state index is 0.163. The van der Waals surface area contributed by atoms with Crippen LogP contribution in [0.2, 0.25) is 0 Å². The molecule has 0 spiro atoms. The molecule has 1 aromatic heterocycles. The van der Waals surface area contributed by atoms with Gasteiger partial charge in [0.25, 0.3) is 0 Å². The molecule has 0 amide bonds. The SMILES string of the molecule is Cc1ccc(C)c(S(=O)(=O)Cc2cccc(C(=O)O)n2)c1. The molecule has 0 aliphatic heterocycles. The van der Waals surface area contributed by atoms with Crippen LogP contribution in [0.15, 0.2) is 41.3 Å². The molecule has 0 radical (unpaired) electrons. The van der Waals surface area contributed by atoms with E-state index in [0.29, 0.717) is 5.56 Å². The molecule has 0 fully saturated rings. The maximum atomic E-state index is 12.5. The fraction of sp³-hybridized carbons (Fsp3) is 0.200. The summed E-state index contributed by atoms with van der Waals surface area (Å²) in [6.07, 6.45) is 0. The molecule has 0 atom stereocenters. The second kappa shape index (κ2) is 5.65. The van der Waals surface area contributed by atoms with Gasteiger partial charge in [-0.3, -0.25) is 0 Å². The molecule has 0 bridgehead atoms. The number of benzene rings is 1. The van der Waals surface area contributed by atoms with Gasteiger partial charge in [0.2, 0.25) is 0 Å². The number of hydrogen-bond donors (Lipinski definition) is 1. The van der Waals surface area contributed by atoms with E-state index in [1.165, 1.54) is 18.2 Å². The Kier molecular flexibility index (Phi) is 4.09. The van der Waals surface area contributed by atoms with Crippen molar-refractivity contribution in [1.82, 2.24) is 4.98 Å². The van der Waals surface area contributed by atoms with Crippen LogP contribution in [0, 0.1) is 13.8 Å². The number of carbonyl (C=O) groups is 1. The number of aromatic nitrogens is 1. The zero-order valence-corrected chi connectivity index (χ0v) is 12.5. The standard InChI is InChI=1S/C15H15NO4S/c1-10-6-7-11(2)14(8-10)21(19,20)9-12-4-3-5-13(16-12)15(17)18/h3-8H,9H2,1-2H3,(H,17,18). The van der Waals surface area contributed by atoms with Crippen LogP contribution < -0.4 is 0 Å². The second-order valence-corrected chi connectivity index (χ2v) is 6.81. The number of sulfone groups is 1. The number of aryl methyl sites for hydroxylation is 2. The first kappa shape index (κ1) is 15.2. The van der Waals surface area contributed by atoms with Crippen molar-refractivity contribution in [2.45, 2.75) is 24.5 Å². The summed E-state index contributed by atoms with van der Waals surface area (Å²) < 4.78 is 24.9. The van der Waals surface area contributed by atoms with E-state index >= 15 is 0 Å². The van der Waals surface area contributed by atoms with Gasteiger partial charge in [0.1, 0.15) is 5.69 Å². The van der Waals surface area contributed by atoms with Gasteiger partial charge in [-0.15, -0.1) is 0 Å². The molecule has 21 heavy (non-hydrogen) atoms. The number of nitrogens with zero attached hydrogens (tertiary/aromatic N) is 1. The summed E-state index contributed by atoms with van der Waals surface area (Å²) in [6.45, 7) is 3.55. The van der Waals surface area contributed by atoms with Gasteiger partial charge in [-0.1, -0.05) is 18.2 Å². The van der Waals surface area contributed by atoms with Crippen LogP contribution in [0.1, 0.15) is 27.3 Å². The number of hydrogen-bond acceptors (Lipinski definition) is 4. The van der Waals surface area contributed by atoms with E-state index in [4.69, 9.17) is 5.11 Å². The molecule has 0 aliphatic rings. The van der Waals surface area contributed by atoms with Gasteiger partial charge in [0.15, 0.2) is 9.84 Å². The first-order valence-electron chi connectivity index (χ1n) is 6.29. The molecule has 2 rings (SSSR count). The zero-order chi connectivity index (χ0) is 15.6. The largest absolute Gasteiger partial charge is 0.477 e. The number of aromatic carboxylic acids is 1. The molecule has 1 N–H and O–H groups in total. The van der Waals surface area contributed by atoms with Crippen LogP contribution >= 0.6 is 0 Å². The van der Waals surface area contributed by atoms with Crippen molar-refractivity contribution in [1.29, 1.82) is 0 Å². The van der Waals surface area contributed by atoms with E-state index in [0.717, 1.165) is 5.56 Å². The third kappa shape index (κ3) is 3.46. The maximum absolute atomic E-state index is 12.5. The molecule has 2 aromatic rings. The Morgan fingerprint density at radius 2 is 1.90 bits per heavy atom. The lowest BCUT2D eigenvalue weighted by Gasteiger charge is -2.09. The average Bonchev–Trinajstić information content (AvgIpc) is 2.41. The highest BCUT2D eigenvalue weighted by molar-refractivity contribution is 7.90. The Morgan fingerprint density at radius 1 is 1.19 bits per heavy atom. The van der Waals surface area contributed by atoms with Gasteiger partial charge >= 0.3 is 5.97 Å². The third-order valence-corrected chi connectivity index (χ3v) is 4.83. The summed E-state index contributed by atoms with van der Waals surface area (Å²) in [5, 5.41) is 8.89. The van der Waals surface area contributed by atoms with Crippen molar-refractivity contribution in [3.63, 3.8) is 0 Å². The Balaban J connectivity index is 2.40. The summed E-state index contributed by atoms with van der Waals surface area (Å²) in [6, 6.07) is 9.54. The van der Waals surface area contributed by atoms with Crippen molar-refractivity contribution < 1.29 is 18.3 Å². The van der Waals surface area contributed by atoms with Crippen LogP contribution in [0.5, 0.6) is 0 Å². The topological polar surface area (TPSA) is 84.3 Å². The summed E-state index contributed by atoms with van der Waals surface area (Å²) in [5.41, 5.74) is 1.57. The zero-order valence-electron chi connectivity index (χ0n) is 11.7. The predicted octanol–water partition coefficient (Wildman–Crippen LogP) is 2.37. The van der Waals surface area contributed by atoms with Gasteiger partial charge in [0, 0.05) is 0 Å². The van der Waals surface area contributed by atoms with Crippen molar-refractivity contribution in [2.75, 3.05) is 0 Å². The average molecular weight is 305 g/mol. The van der Waals surface area contributed by atoms with Crippen LogP contribution in [-0.4, -0.2) is 24.5 Å². The first-order valence-corrected chi connectivity index (χ1v) is 7.94. The molecule has 0 unspecified atom stereocenters. The molecular weight excluding hydrogens is 290 g/mol. The number of rotatable bonds is 4. The maximum Gasteiger partial charge on any atom is 0.354 e. The normalized spacial score (nSPS) is 11.3. The van der Waals surface area contributed by atoms with Gasteiger partial charge < -0.3 is 5.11 Å². The summed E-state index contributed by atoms with van der Waals surface area (Å²) in [5.74, 6) is -1.50. The van der Waals surface area contributed by atoms with Gasteiger partial charge in [-0.2, -0.15) is 0 Å². The Bertz CT molecular complexity index is 797. The van der Waals surface area contributed by atoms with Gasteiger partial charge in [-0.05, 0) is 43.2 Å².